The molecule has 3 heterocycles. The molecule has 0 atom stereocenters. The van der Waals surface area contributed by atoms with E-state index < -0.39 is 5.91 Å². The summed E-state index contributed by atoms with van der Waals surface area (Å²) in [4.78, 5) is 33.2. The summed E-state index contributed by atoms with van der Waals surface area (Å²) in [5, 5.41) is 5.25. The average Bonchev–Trinajstić information content (AvgIpc) is 3.11. The predicted molar refractivity (Wildman–Crippen MR) is 95.8 cm³/mol. The van der Waals surface area contributed by atoms with E-state index in [1.165, 1.54) is 17.6 Å². The number of thiazole rings is 1. The average molecular weight is 349 g/mol. The Balaban J connectivity index is 1.62. The van der Waals surface area contributed by atoms with Crippen LogP contribution in [0.4, 0.5) is 5.13 Å². The van der Waals surface area contributed by atoms with Gasteiger partial charge in [0, 0.05) is 23.3 Å². The van der Waals surface area contributed by atoms with Crippen LogP contribution >= 0.6 is 11.3 Å². The molecule has 4 aromatic rings. The summed E-state index contributed by atoms with van der Waals surface area (Å²) in [5.41, 5.74) is 1.65. The monoisotopic (exact) mass is 349 g/mol. The first-order valence-electron chi connectivity index (χ1n) is 7.40. The minimum absolute atomic E-state index is 0.0561. The molecule has 7 heteroatoms. The molecule has 25 heavy (non-hydrogen) atoms. The maximum atomic E-state index is 12.4. The van der Waals surface area contributed by atoms with Gasteiger partial charge in [0.2, 0.25) is 5.43 Å². The maximum Gasteiger partial charge on any atom is 0.264 e. The maximum absolute atomic E-state index is 12.4. The van der Waals surface area contributed by atoms with Crippen LogP contribution in [0.25, 0.3) is 22.2 Å². The Hall–Kier alpha value is -3.32. The zero-order valence-corrected chi connectivity index (χ0v) is 13.6. The molecule has 0 bridgehead atoms. The number of anilines is 1. The summed E-state index contributed by atoms with van der Waals surface area (Å²) in [6.45, 7) is 0. The molecule has 1 amide bonds. The van der Waals surface area contributed by atoms with Crippen molar-refractivity contribution in [3.05, 3.63) is 76.2 Å². The third-order valence-electron chi connectivity index (χ3n) is 3.63. The number of benzene rings is 1. The summed E-state index contributed by atoms with van der Waals surface area (Å²) in [7, 11) is 0. The molecule has 0 aliphatic rings. The van der Waals surface area contributed by atoms with Gasteiger partial charge in [0.05, 0.1) is 11.1 Å². The van der Waals surface area contributed by atoms with Crippen LogP contribution in [0.3, 0.4) is 0 Å². The van der Waals surface area contributed by atoms with Gasteiger partial charge in [0.1, 0.15) is 17.4 Å². The van der Waals surface area contributed by atoms with Gasteiger partial charge in [-0.25, -0.2) is 4.98 Å². The molecule has 3 aromatic heterocycles. The number of hydrogen-bond donors (Lipinski definition) is 1. The first-order chi connectivity index (χ1) is 12.2. The normalized spacial score (nSPS) is 10.7. The number of pyridine rings is 1. The first kappa shape index (κ1) is 15.2. The fourth-order valence-electron chi connectivity index (χ4n) is 2.39. The van der Waals surface area contributed by atoms with Crippen LogP contribution in [0.1, 0.15) is 10.4 Å². The second-order valence-corrected chi connectivity index (χ2v) is 6.06. The van der Waals surface area contributed by atoms with Crippen LogP contribution in [-0.4, -0.2) is 15.9 Å². The molecule has 0 fully saturated rings. The van der Waals surface area contributed by atoms with Gasteiger partial charge in [0.25, 0.3) is 5.91 Å². The molecule has 4 rings (SSSR count). The van der Waals surface area contributed by atoms with Crippen molar-refractivity contribution < 1.29 is 9.21 Å². The summed E-state index contributed by atoms with van der Waals surface area (Å²) in [6, 6.07) is 10.5. The van der Waals surface area contributed by atoms with Gasteiger partial charge in [-0.2, -0.15) is 0 Å². The zero-order valence-electron chi connectivity index (χ0n) is 12.8. The summed E-state index contributed by atoms with van der Waals surface area (Å²) in [5.74, 6) is -0.546. The summed E-state index contributed by atoms with van der Waals surface area (Å²) < 4.78 is 5.37. The van der Waals surface area contributed by atoms with Crippen molar-refractivity contribution in [2.45, 2.75) is 0 Å². The Morgan fingerprint density at radius 3 is 2.76 bits per heavy atom. The molecule has 1 aromatic carbocycles. The minimum atomic E-state index is -0.546. The van der Waals surface area contributed by atoms with Crippen LogP contribution in [0, 0.1) is 0 Å². The molecule has 0 spiro atoms. The van der Waals surface area contributed by atoms with E-state index in [4.69, 9.17) is 4.42 Å². The number of nitrogens with zero attached hydrogens (tertiary/aromatic N) is 2. The number of para-hydroxylation sites is 1. The number of carbonyl (C=O) groups is 1. The lowest BCUT2D eigenvalue weighted by Gasteiger charge is -2.02. The van der Waals surface area contributed by atoms with Crippen molar-refractivity contribution in [3.63, 3.8) is 0 Å². The topological polar surface area (TPSA) is 85.1 Å². The van der Waals surface area contributed by atoms with Gasteiger partial charge < -0.3 is 4.42 Å². The Bertz CT molecular complexity index is 1120. The zero-order chi connectivity index (χ0) is 17.2. The molecular weight excluding hydrogens is 338 g/mol. The lowest BCUT2D eigenvalue weighted by molar-refractivity contribution is 0.102. The molecule has 0 saturated carbocycles. The summed E-state index contributed by atoms with van der Waals surface area (Å²) in [6.07, 6.45) is 4.53. The van der Waals surface area contributed by atoms with Crippen molar-refractivity contribution >= 4 is 33.3 Å². The molecule has 1 N–H and O–H groups in total. The number of fused-ring (bicyclic) bond motifs is 1. The molecule has 0 saturated heterocycles. The molecule has 0 aliphatic heterocycles. The van der Waals surface area contributed by atoms with E-state index >= 15 is 0 Å². The smallest absolute Gasteiger partial charge is 0.264 e. The van der Waals surface area contributed by atoms with Crippen molar-refractivity contribution in [3.8, 4) is 11.3 Å². The first-order valence-corrected chi connectivity index (χ1v) is 8.28. The minimum Gasteiger partial charge on any atom is -0.463 e. The fourth-order valence-corrected chi connectivity index (χ4v) is 3.10. The quantitative estimate of drug-likeness (QED) is 0.611. The lowest BCUT2D eigenvalue weighted by atomic mass is 10.1. The van der Waals surface area contributed by atoms with Crippen molar-refractivity contribution in [2.75, 3.05) is 5.32 Å². The highest BCUT2D eigenvalue weighted by molar-refractivity contribution is 7.14. The van der Waals surface area contributed by atoms with Gasteiger partial charge in [0.15, 0.2) is 5.13 Å². The SMILES string of the molecule is O=C(Nc1nc(-c2ccncc2)cs1)c1coc2ccccc2c1=O. The Morgan fingerprint density at radius 1 is 1.12 bits per heavy atom. The van der Waals surface area contributed by atoms with Gasteiger partial charge in [-0.05, 0) is 24.3 Å². The fraction of sp³-hybridized carbons (Fsp3) is 0. The third kappa shape index (κ3) is 2.92. The van der Waals surface area contributed by atoms with Crippen molar-refractivity contribution in [1.29, 1.82) is 0 Å². The number of aromatic nitrogens is 2. The second-order valence-electron chi connectivity index (χ2n) is 5.20. The number of carbonyl (C=O) groups excluding carboxylic acids is 1. The van der Waals surface area contributed by atoms with E-state index in [1.807, 2.05) is 17.5 Å². The van der Waals surface area contributed by atoms with Gasteiger partial charge in [-0.15, -0.1) is 11.3 Å². The van der Waals surface area contributed by atoms with Crippen LogP contribution in [-0.2, 0) is 0 Å². The standard InChI is InChI=1S/C18H11N3O3S/c22-16-12-3-1-2-4-15(12)24-9-13(16)17(23)21-18-20-14(10-25-18)11-5-7-19-8-6-11/h1-10H,(H,20,21,23). The number of rotatable bonds is 3. The molecule has 122 valence electrons. The van der Waals surface area contributed by atoms with E-state index in [0.717, 1.165) is 11.3 Å². The van der Waals surface area contributed by atoms with Gasteiger partial charge in [-0.3, -0.25) is 19.9 Å². The highest BCUT2D eigenvalue weighted by Gasteiger charge is 2.16. The van der Waals surface area contributed by atoms with Crippen LogP contribution in [0.5, 0.6) is 0 Å². The van der Waals surface area contributed by atoms with E-state index in [9.17, 15) is 9.59 Å². The van der Waals surface area contributed by atoms with Gasteiger partial charge in [-0.1, -0.05) is 12.1 Å². The lowest BCUT2D eigenvalue weighted by Crippen LogP contribution is -2.21. The molecule has 0 radical (unpaired) electrons. The molecule has 6 nitrogen and oxygen atoms in total. The number of nitrogens with one attached hydrogen (secondary N) is 1. The largest absolute Gasteiger partial charge is 0.463 e. The molecule has 0 aliphatic carbocycles. The summed E-state index contributed by atoms with van der Waals surface area (Å²) >= 11 is 1.28. The Labute approximate surface area is 145 Å². The van der Waals surface area contributed by atoms with Crippen molar-refractivity contribution in [1.82, 2.24) is 9.97 Å². The van der Waals surface area contributed by atoms with Gasteiger partial charge >= 0.3 is 0 Å². The third-order valence-corrected chi connectivity index (χ3v) is 4.38. The van der Waals surface area contributed by atoms with E-state index in [-0.39, 0.29) is 11.0 Å². The van der Waals surface area contributed by atoms with Crippen LogP contribution in [0.15, 0.2) is 69.6 Å². The van der Waals surface area contributed by atoms with E-state index in [0.29, 0.717) is 16.1 Å². The van der Waals surface area contributed by atoms with E-state index in [1.54, 1.807) is 36.7 Å². The molecular formula is C18H11N3O3S. The highest BCUT2D eigenvalue weighted by atomic mass is 32.1. The highest BCUT2D eigenvalue weighted by Crippen LogP contribution is 2.24. The molecule has 0 unspecified atom stereocenters. The Kier molecular flexibility index (Phi) is 3.83. The predicted octanol–water partition coefficient (Wildman–Crippen LogP) is 3.56. The van der Waals surface area contributed by atoms with Crippen molar-refractivity contribution in [2.24, 2.45) is 0 Å². The number of amides is 1. The Morgan fingerprint density at radius 2 is 1.92 bits per heavy atom. The number of hydrogen-bond acceptors (Lipinski definition) is 6. The van der Waals surface area contributed by atoms with Crippen LogP contribution in [0.2, 0.25) is 0 Å². The second kappa shape index (κ2) is 6.29. The van der Waals surface area contributed by atoms with E-state index in [2.05, 4.69) is 15.3 Å². The van der Waals surface area contributed by atoms with Crippen LogP contribution < -0.4 is 10.7 Å².